The molecule has 10 nitrogen and oxygen atoms in total. The molecule has 11 heteroatoms. The zero-order valence-electron chi connectivity index (χ0n) is 24.2. The van der Waals surface area contributed by atoms with E-state index >= 15 is 0 Å². The molecule has 0 bridgehead atoms. The Hall–Kier alpha value is -4.38. The predicted molar refractivity (Wildman–Crippen MR) is 159 cm³/mol. The first kappa shape index (κ1) is 31.2. The second kappa shape index (κ2) is 15.4. The van der Waals surface area contributed by atoms with Crippen molar-refractivity contribution in [3.05, 3.63) is 52.8 Å². The Balaban J connectivity index is 1.98. The van der Waals surface area contributed by atoms with Gasteiger partial charge in [-0.1, -0.05) is 23.9 Å². The van der Waals surface area contributed by atoms with Gasteiger partial charge in [0.2, 0.25) is 11.5 Å². The standard InChI is InChI=1S/C30H34N2O8S/c1-34-23-14-19(15-24(35-2)28(23)39-6)8-10-21-18-22(32-30(31-21)41-13-12-27(33)38-5)11-9-20-16-25(36-3)29(40-7)26(17-20)37-4/h8-11,14-18H,12-13H2,1-7H3. The second-order valence-electron chi connectivity index (χ2n) is 8.26. The lowest BCUT2D eigenvalue weighted by atomic mass is 10.1. The van der Waals surface area contributed by atoms with Crippen LogP contribution in [0.25, 0.3) is 24.3 Å². The number of benzene rings is 2. The van der Waals surface area contributed by atoms with Crippen LogP contribution in [0.1, 0.15) is 28.9 Å². The van der Waals surface area contributed by atoms with Crippen molar-refractivity contribution in [2.75, 3.05) is 55.5 Å². The molecule has 218 valence electrons. The topological polar surface area (TPSA) is 107 Å². The van der Waals surface area contributed by atoms with E-state index in [0.29, 0.717) is 56.8 Å². The fourth-order valence-corrected chi connectivity index (χ4v) is 4.57. The molecular weight excluding hydrogens is 548 g/mol. The van der Waals surface area contributed by atoms with Gasteiger partial charge in [-0.2, -0.15) is 0 Å². The van der Waals surface area contributed by atoms with Gasteiger partial charge in [0.1, 0.15) is 0 Å². The van der Waals surface area contributed by atoms with Crippen molar-refractivity contribution in [2.45, 2.75) is 11.6 Å². The Kier molecular flexibility index (Phi) is 11.7. The molecule has 0 spiro atoms. The van der Waals surface area contributed by atoms with E-state index in [1.807, 2.05) is 54.6 Å². The molecule has 0 saturated carbocycles. The lowest BCUT2D eigenvalue weighted by Gasteiger charge is -2.13. The number of rotatable bonds is 14. The molecule has 2 aromatic carbocycles. The number of nitrogens with zero attached hydrogens (tertiary/aromatic N) is 2. The average Bonchev–Trinajstić information content (AvgIpc) is 3.01. The third kappa shape index (κ3) is 8.31. The summed E-state index contributed by atoms with van der Waals surface area (Å²) in [7, 11) is 10.8. The summed E-state index contributed by atoms with van der Waals surface area (Å²) in [5.41, 5.74) is 2.98. The zero-order valence-corrected chi connectivity index (χ0v) is 25.0. The maximum absolute atomic E-state index is 11.6. The van der Waals surface area contributed by atoms with Crippen LogP contribution < -0.4 is 28.4 Å². The Morgan fingerprint density at radius 3 is 1.39 bits per heavy atom. The smallest absolute Gasteiger partial charge is 0.306 e. The van der Waals surface area contributed by atoms with Crippen LogP contribution in [0.4, 0.5) is 0 Å². The Bertz CT molecular complexity index is 1270. The van der Waals surface area contributed by atoms with Gasteiger partial charge in [0, 0.05) is 5.75 Å². The minimum atomic E-state index is -0.293. The molecule has 0 atom stereocenters. The number of methoxy groups -OCH3 is 7. The maximum atomic E-state index is 11.6. The van der Waals surface area contributed by atoms with E-state index in [-0.39, 0.29) is 12.4 Å². The fourth-order valence-electron chi connectivity index (χ4n) is 3.78. The van der Waals surface area contributed by atoms with Crippen molar-refractivity contribution < 1.29 is 38.0 Å². The summed E-state index contributed by atoms with van der Waals surface area (Å²) in [6, 6.07) is 9.23. The quantitative estimate of drug-likeness (QED) is 0.136. The number of hydrogen-bond acceptors (Lipinski definition) is 11. The number of esters is 1. The lowest BCUT2D eigenvalue weighted by molar-refractivity contribution is -0.140. The number of carbonyl (C=O) groups excluding carboxylic acids is 1. The molecule has 0 amide bonds. The van der Waals surface area contributed by atoms with Crippen LogP contribution >= 0.6 is 11.8 Å². The molecule has 3 aromatic rings. The molecule has 41 heavy (non-hydrogen) atoms. The number of ether oxygens (including phenoxy) is 7. The van der Waals surface area contributed by atoms with E-state index in [1.54, 1.807) is 42.7 Å². The highest BCUT2D eigenvalue weighted by atomic mass is 32.2. The van der Waals surface area contributed by atoms with Gasteiger partial charge < -0.3 is 33.2 Å². The maximum Gasteiger partial charge on any atom is 0.306 e. The molecule has 0 N–H and O–H groups in total. The van der Waals surface area contributed by atoms with E-state index in [9.17, 15) is 4.79 Å². The van der Waals surface area contributed by atoms with E-state index in [1.165, 1.54) is 18.9 Å². The van der Waals surface area contributed by atoms with Gasteiger partial charge in [0.25, 0.3) is 0 Å². The SMILES string of the molecule is COC(=O)CCSc1nc(C=Cc2cc(OC)c(OC)c(OC)c2)cc(C=Cc2cc(OC)c(OC)c(OC)c2)n1. The highest BCUT2D eigenvalue weighted by molar-refractivity contribution is 7.99. The van der Waals surface area contributed by atoms with Gasteiger partial charge in [-0.25, -0.2) is 9.97 Å². The average molecular weight is 583 g/mol. The predicted octanol–water partition coefficient (Wildman–Crippen LogP) is 5.52. The highest BCUT2D eigenvalue weighted by Gasteiger charge is 2.14. The number of thioether (sulfide) groups is 1. The van der Waals surface area contributed by atoms with Gasteiger partial charge in [-0.3, -0.25) is 4.79 Å². The van der Waals surface area contributed by atoms with E-state index < -0.39 is 0 Å². The second-order valence-corrected chi connectivity index (χ2v) is 9.32. The summed E-state index contributed by atoms with van der Waals surface area (Å²) in [6.45, 7) is 0. The molecule has 0 unspecified atom stereocenters. The Morgan fingerprint density at radius 1 is 0.634 bits per heavy atom. The summed E-state index contributed by atoms with van der Waals surface area (Å²) in [4.78, 5) is 20.9. The summed E-state index contributed by atoms with van der Waals surface area (Å²) in [6.07, 6.45) is 7.75. The van der Waals surface area contributed by atoms with E-state index in [4.69, 9.17) is 33.2 Å². The third-order valence-electron chi connectivity index (χ3n) is 5.78. The fraction of sp³-hybridized carbons (Fsp3) is 0.300. The van der Waals surface area contributed by atoms with Crippen LogP contribution in [0.5, 0.6) is 34.5 Å². The van der Waals surface area contributed by atoms with Crippen molar-refractivity contribution in [3.8, 4) is 34.5 Å². The van der Waals surface area contributed by atoms with Gasteiger partial charge >= 0.3 is 5.97 Å². The Morgan fingerprint density at radius 2 is 1.05 bits per heavy atom. The van der Waals surface area contributed by atoms with Crippen LogP contribution in [-0.4, -0.2) is 71.5 Å². The van der Waals surface area contributed by atoms with Gasteiger partial charge in [0.05, 0.1) is 67.6 Å². The van der Waals surface area contributed by atoms with Crippen molar-refractivity contribution in [1.29, 1.82) is 0 Å². The molecule has 1 aromatic heterocycles. The van der Waals surface area contributed by atoms with Crippen molar-refractivity contribution in [1.82, 2.24) is 9.97 Å². The van der Waals surface area contributed by atoms with Crippen molar-refractivity contribution >= 4 is 42.0 Å². The minimum Gasteiger partial charge on any atom is -0.493 e. The summed E-state index contributed by atoms with van der Waals surface area (Å²) < 4.78 is 37.4. The van der Waals surface area contributed by atoms with Crippen molar-refractivity contribution in [2.24, 2.45) is 0 Å². The number of carbonyl (C=O) groups is 1. The Labute approximate surface area is 244 Å². The van der Waals surface area contributed by atoms with Crippen LogP contribution in [-0.2, 0) is 9.53 Å². The first-order valence-corrected chi connectivity index (χ1v) is 13.4. The normalized spacial score (nSPS) is 11.0. The van der Waals surface area contributed by atoms with Crippen LogP contribution in [0.3, 0.4) is 0 Å². The molecular formula is C30H34N2O8S. The number of aromatic nitrogens is 2. The molecule has 1 heterocycles. The molecule has 0 saturated heterocycles. The summed E-state index contributed by atoms with van der Waals surface area (Å²) in [5.74, 6) is 3.38. The zero-order chi connectivity index (χ0) is 29.8. The third-order valence-corrected chi connectivity index (χ3v) is 6.63. The molecule has 0 aliphatic carbocycles. The highest BCUT2D eigenvalue weighted by Crippen LogP contribution is 2.39. The van der Waals surface area contributed by atoms with Gasteiger partial charge in [-0.05, 0) is 53.6 Å². The van der Waals surface area contributed by atoms with Crippen molar-refractivity contribution in [3.63, 3.8) is 0 Å². The summed E-state index contributed by atoms with van der Waals surface area (Å²) >= 11 is 1.37. The summed E-state index contributed by atoms with van der Waals surface area (Å²) in [5, 5.41) is 0.519. The molecule has 0 radical (unpaired) electrons. The molecule has 0 aliphatic heterocycles. The van der Waals surface area contributed by atoms with Gasteiger partial charge in [0.15, 0.2) is 28.2 Å². The molecule has 0 aliphatic rings. The van der Waals surface area contributed by atoms with Gasteiger partial charge in [-0.15, -0.1) is 0 Å². The first-order valence-electron chi connectivity index (χ1n) is 12.4. The van der Waals surface area contributed by atoms with Crippen LogP contribution in [0.2, 0.25) is 0 Å². The van der Waals surface area contributed by atoms with E-state index in [2.05, 4.69) is 9.97 Å². The first-order chi connectivity index (χ1) is 19.9. The lowest BCUT2D eigenvalue weighted by Crippen LogP contribution is -2.02. The largest absolute Gasteiger partial charge is 0.493 e. The number of hydrogen-bond donors (Lipinski definition) is 0. The molecule has 3 rings (SSSR count). The van der Waals surface area contributed by atoms with Crippen LogP contribution in [0.15, 0.2) is 35.5 Å². The minimum absolute atomic E-state index is 0.243. The molecule has 0 fully saturated rings. The van der Waals surface area contributed by atoms with E-state index in [0.717, 1.165) is 11.1 Å². The van der Waals surface area contributed by atoms with Crippen LogP contribution in [0, 0.1) is 0 Å². The monoisotopic (exact) mass is 582 g/mol.